The molecule has 0 spiro atoms. The second kappa shape index (κ2) is 4.37. The van der Waals surface area contributed by atoms with Gasteiger partial charge >= 0.3 is 0 Å². The van der Waals surface area contributed by atoms with Gasteiger partial charge in [0, 0.05) is 0 Å². The number of aldehydes is 1. The summed E-state index contributed by atoms with van der Waals surface area (Å²) in [5.41, 5.74) is 0. The fourth-order valence-electron chi connectivity index (χ4n) is 0.0304. The van der Waals surface area contributed by atoms with Crippen molar-refractivity contribution in [2.45, 2.75) is 0 Å². The van der Waals surface area contributed by atoms with E-state index in [0.717, 1.165) is 6.29 Å². The normalized spacial score (nSPS) is 7.40. The first-order valence-electron chi connectivity index (χ1n) is 1.12. The molecule has 0 saturated carbocycles. The summed E-state index contributed by atoms with van der Waals surface area (Å²) in [5.74, 6) is 0.489. The van der Waals surface area contributed by atoms with Crippen LogP contribution in [0.1, 0.15) is 0 Å². The highest BCUT2D eigenvalue weighted by Gasteiger charge is 1.67. The minimum atomic E-state index is 0.489. The molecule has 0 aliphatic rings. The highest BCUT2D eigenvalue weighted by molar-refractivity contribution is 8.68. The van der Waals surface area contributed by atoms with Crippen molar-refractivity contribution in [1.82, 2.24) is 0 Å². The molecule has 0 bridgehead atoms. The minimum absolute atomic E-state index is 0.489. The lowest BCUT2D eigenvalue weighted by molar-refractivity contribution is -0.105. The Morgan fingerprint density at radius 2 is 2.60 bits per heavy atom. The summed E-state index contributed by atoms with van der Waals surface area (Å²) < 4.78 is 0. The number of rotatable bonds is 2. The maximum atomic E-state index is 9.34. The lowest BCUT2D eigenvalue weighted by Gasteiger charge is -1.68. The molecule has 3 heteroatoms. The number of hydrogen-bond donors (Lipinski definition) is 1. The van der Waals surface area contributed by atoms with Crippen molar-refractivity contribution in [3.63, 3.8) is 0 Å². The molecule has 0 aromatic heterocycles. The molecule has 0 N–H and O–H groups in total. The summed E-state index contributed by atoms with van der Waals surface area (Å²) in [6.07, 6.45) is 0.817. The molecule has 0 rings (SSSR count). The highest BCUT2D eigenvalue weighted by Crippen LogP contribution is 1.99. The lowest BCUT2D eigenvalue weighted by atomic mass is 10.9. The van der Waals surface area contributed by atoms with Crippen LogP contribution in [0.25, 0.3) is 0 Å². The summed E-state index contributed by atoms with van der Waals surface area (Å²) in [6.45, 7) is 0. The van der Waals surface area contributed by atoms with Crippen LogP contribution >= 0.6 is 22.5 Å². The quantitative estimate of drug-likeness (QED) is 0.319. The van der Waals surface area contributed by atoms with E-state index in [9.17, 15) is 4.79 Å². The van der Waals surface area contributed by atoms with Crippen molar-refractivity contribution in [2.24, 2.45) is 0 Å². The van der Waals surface area contributed by atoms with Crippen LogP contribution < -0.4 is 0 Å². The van der Waals surface area contributed by atoms with Crippen molar-refractivity contribution in [1.29, 1.82) is 0 Å². The van der Waals surface area contributed by atoms with Crippen LogP contribution in [0.2, 0.25) is 0 Å². The largest absolute Gasteiger partial charge is 0.302 e. The standard InChI is InChI=1S/C2H4OS2/c3-1-2-5-4/h1,4H,2H2. The van der Waals surface area contributed by atoms with E-state index in [4.69, 9.17) is 0 Å². The third kappa shape index (κ3) is 4.37. The Balaban J connectivity index is 2.40. The van der Waals surface area contributed by atoms with Crippen LogP contribution in [0.4, 0.5) is 0 Å². The molecule has 5 heavy (non-hydrogen) atoms. The summed E-state index contributed by atoms with van der Waals surface area (Å²) in [5, 5.41) is 0. The number of carbonyl (C=O) groups excluding carboxylic acids is 1. The van der Waals surface area contributed by atoms with Gasteiger partial charge in [-0.15, -0.1) is 11.7 Å². The van der Waals surface area contributed by atoms with Crippen LogP contribution in [0, 0.1) is 0 Å². The van der Waals surface area contributed by atoms with Crippen molar-refractivity contribution >= 4 is 28.7 Å². The van der Waals surface area contributed by atoms with Crippen LogP contribution in [0.15, 0.2) is 0 Å². The number of carbonyl (C=O) groups is 1. The Kier molecular flexibility index (Phi) is 4.69. The molecule has 0 saturated heterocycles. The predicted molar refractivity (Wildman–Crippen MR) is 27.5 cm³/mol. The van der Waals surface area contributed by atoms with Gasteiger partial charge in [-0.25, -0.2) is 0 Å². The van der Waals surface area contributed by atoms with Gasteiger partial charge in [0.25, 0.3) is 0 Å². The van der Waals surface area contributed by atoms with Crippen molar-refractivity contribution < 1.29 is 4.79 Å². The summed E-state index contributed by atoms with van der Waals surface area (Å²) in [6, 6.07) is 0. The van der Waals surface area contributed by atoms with Crippen LogP contribution in [-0.2, 0) is 4.79 Å². The predicted octanol–water partition coefficient (Wildman–Crippen LogP) is 0.763. The molecule has 0 fully saturated rings. The van der Waals surface area contributed by atoms with Gasteiger partial charge in [0.15, 0.2) is 0 Å². The Bertz CT molecular complexity index is 28.8. The first-order chi connectivity index (χ1) is 2.41. The van der Waals surface area contributed by atoms with Gasteiger partial charge in [-0.05, 0) is 0 Å². The maximum Gasteiger partial charge on any atom is 0.130 e. The number of hydrogen-bond acceptors (Lipinski definition) is 3. The molecule has 0 aliphatic heterocycles. The monoisotopic (exact) mass is 108 g/mol. The van der Waals surface area contributed by atoms with Gasteiger partial charge in [0.1, 0.15) is 6.29 Å². The average Bonchev–Trinajstić information content (AvgIpc) is 1.41. The van der Waals surface area contributed by atoms with Gasteiger partial charge in [-0.1, -0.05) is 10.8 Å². The van der Waals surface area contributed by atoms with E-state index in [-0.39, 0.29) is 0 Å². The Hall–Kier alpha value is 0.370. The van der Waals surface area contributed by atoms with E-state index in [1.165, 1.54) is 10.8 Å². The molecular weight excluding hydrogens is 104 g/mol. The lowest BCUT2D eigenvalue weighted by Crippen LogP contribution is -1.67. The molecule has 1 nitrogen and oxygen atoms in total. The van der Waals surface area contributed by atoms with E-state index in [2.05, 4.69) is 11.7 Å². The molecule has 0 aliphatic carbocycles. The minimum Gasteiger partial charge on any atom is -0.302 e. The molecule has 0 aromatic rings. The van der Waals surface area contributed by atoms with Crippen LogP contribution in [0.5, 0.6) is 0 Å². The maximum absolute atomic E-state index is 9.34. The van der Waals surface area contributed by atoms with E-state index >= 15 is 0 Å². The SMILES string of the molecule is O=CCSS. The molecular formula is C2H4OS2. The summed E-state index contributed by atoms with van der Waals surface area (Å²) >= 11 is 3.69. The number of thiol groups is 1. The Morgan fingerprint density at radius 1 is 2.00 bits per heavy atom. The fourth-order valence-corrected chi connectivity index (χ4v) is 0.274. The van der Waals surface area contributed by atoms with Crippen molar-refractivity contribution in [3.8, 4) is 0 Å². The van der Waals surface area contributed by atoms with Gasteiger partial charge in [0.05, 0.1) is 5.75 Å². The second-order valence-corrected chi connectivity index (χ2v) is 1.83. The van der Waals surface area contributed by atoms with E-state index in [1.807, 2.05) is 0 Å². The molecule has 0 heterocycles. The molecule has 0 amide bonds. The Morgan fingerprint density at radius 3 is 2.60 bits per heavy atom. The van der Waals surface area contributed by atoms with Gasteiger partial charge < -0.3 is 4.79 Å². The zero-order chi connectivity index (χ0) is 4.12. The van der Waals surface area contributed by atoms with E-state index in [0.29, 0.717) is 5.75 Å². The Labute approximate surface area is 39.9 Å². The van der Waals surface area contributed by atoms with Gasteiger partial charge in [-0.3, -0.25) is 0 Å². The second-order valence-electron chi connectivity index (χ2n) is 0.462. The smallest absolute Gasteiger partial charge is 0.130 e. The highest BCUT2D eigenvalue weighted by atomic mass is 33.1. The topological polar surface area (TPSA) is 17.1 Å². The first-order valence-corrected chi connectivity index (χ1v) is 3.15. The van der Waals surface area contributed by atoms with E-state index in [1.54, 1.807) is 0 Å². The van der Waals surface area contributed by atoms with Gasteiger partial charge in [-0.2, -0.15) is 0 Å². The van der Waals surface area contributed by atoms with E-state index < -0.39 is 0 Å². The zero-order valence-electron chi connectivity index (χ0n) is 2.55. The third-order valence-corrected chi connectivity index (χ3v) is 0.875. The van der Waals surface area contributed by atoms with Crippen LogP contribution in [-0.4, -0.2) is 12.0 Å². The van der Waals surface area contributed by atoms with Crippen molar-refractivity contribution in [2.75, 3.05) is 5.75 Å². The first kappa shape index (κ1) is 5.37. The van der Waals surface area contributed by atoms with Crippen LogP contribution in [0.3, 0.4) is 0 Å². The molecule has 0 radical (unpaired) electrons. The fraction of sp³-hybridized carbons (Fsp3) is 0.500. The third-order valence-electron chi connectivity index (χ3n) is 0.143. The molecule has 0 aromatic carbocycles. The van der Waals surface area contributed by atoms with Gasteiger partial charge in [0.2, 0.25) is 0 Å². The summed E-state index contributed by atoms with van der Waals surface area (Å²) in [7, 11) is 1.23. The molecule has 0 unspecified atom stereocenters. The zero-order valence-corrected chi connectivity index (χ0v) is 4.26. The summed E-state index contributed by atoms with van der Waals surface area (Å²) in [4.78, 5) is 9.34. The van der Waals surface area contributed by atoms with Crippen molar-refractivity contribution in [3.05, 3.63) is 0 Å². The molecule has 30 valence electrons. The molecule has 0 atom stereocenters. The average molecular weight is 108 g/mol.